The molecule has 0 aliphatic heterocycles. The van der Waals surface area contributed by atoms with E-state index in [9.17, 15) is 0 Å². The van der Waals surface area contributed by atoms with E-state index in [4.69, 9.17) is 0 Å². The van der Waals surface area contributed by atoms with Crippen molar-refractivity contribution in [2.75, 3.05) is 20.6 Å². The highest BCUT2D eigenvalue weighted by molar-refractivity contribution is 4.82. The van der Waals surface area contributed by atoms with Crippen LogP contribution in [0.4, 0.5) is 0 Å². The van der Waals surface area contributed by atoms with Crippen LogP contribution in [0, 0.1) is 0 Å². The van der Waals surface area contributed by atoms with E-state index in [0.29, 0.717) is 0 Å². The molecule has 0 unspecified atom stereocenters. The van der Waals surface area contributed by atoms with Gasteiger partial charge in [-0.05, 0) is 19.9 Å². The Kier molecular flexibility index (Phi) is 3.72. The van der Waals surface area contributed by atoms with Gasteiger partial charge in [0, 0.05) is 6.42 Å². The maximum atomic E-state index is 3.78. The van der Waals surface area contributed by atoms with E-state index < -0.39 is 0 Å². The Morgan fingerprint density at radius 2 is 1.67 bits per heavy atom. The van der Waals surface area contributed by atoms with Gasteiger partial charge in [-0.2, -0.15) is 0 Å². The van der Waals surface area contributed by atoms with E-state index in [-0.39, 0.29) is 5.54 Å². The number of likely N-dealkylation sites (N-methyl/N-ethyl adjacent to an activating group) is 1. The van der Waals surface area contributed by atoms with Crippen LogP contribution in [0.15, 0.2) is 25.3 Å². The highest BCUT2D eigenvalue weighted by atomic mass is 15.4. The number of rotatable bonds is 5. The van der Waals surface area contributed by atoms with Gasteiger partial charge in [-0.3, -0.25) is 0 Å². The molecule has 70 valence electrons. The third-order valence-corrected chi connectivity index (χ3v) is 2.87. The third kappa shape index (κ3) is 2.49. The predicted molar refractivity (Wildman–Crippen MR) is 56.1 cm³/mol. The van der Waals surface area contributed by atoms with E-state index in [0.717, 1.165) is 17.4 Å². The van der Waals surface area contributed by atoms with Gasteiger partial charge in [0.1, 0.15) is 0 Å². The Balaban J connectivity index is 4.48. The molecule has 0 aromatic heterocycles. The Morgan fingerprint density at radius 1 is 1.17 bits per heavy atom. The summed E-state index contributed by atoms with van der Waals surface area (Å²) < 4.78 is 0.961. The van der Waals surface area contributed by atoms with Crippen LogP contribution in [0.25, 0.3) is 0 Å². The molecule has 0 spiro atoms. The molecule has 0 N–H and O–H groups in total. The molecule has 0 amide bonds. The monoisotopic (exact) mass is 168 g/mol. The average molecular weight is 168 g/mol. The molecule has 0 aromatic carbocycles. The maximum absolute atomic E-state index is 3.78. The molecule has 0 saturated carbocycles. The lowest BCUT2D eigenvalue weighted by Crippen LogP contribution is -2.55. The second-order valence-electron chi connectivity index (χ2n) is 4.46. The molecule has 0 aromatic rings. The molecular formula is C11H22N+. The largest absolute Gasteiger partial charge is 0.321 e. The van der Waals surface area contributed by atoms with Crippen molar-refractivity contribution in [3.63, 3.8) is 0 Å². The average Bonchev–Trinajstić information content (AvgIpc) is 1.86. The van der Waals surface area contributed by atoms with Gasteiger partial charge >= 0.3 is 0 Å². The van der Waals surface area contributed by atoms with E-state index in [2.05, 4.69) is 41.1 Å². The summed E-state index contributed by atoms with van der Waals surface area (Å²) in [6.45, 7) is 13.1. The van der Waals surface area contributed by atoms with Crippen LogP contribution in [0.5, 0.6) is 0 Å². The smallest absolute Gasteiger partial charge is 0.0971 e. The summed E-state index contributed by atoms with van der Waals surface area (Å²) in [5.41, 5.74) is 0.246. The molecule has 1 heteroatoms. The molecular weight excluding hydrogens is 146 g/mol. The molecule has 1 nitrogen and oxygen atoms in total. The van der Waals surface area contributed by atoms with Crippen molar-refractivity contribution in [2.45, 2.75) is 25.8 Å². The first-order chi connectivity index (χ1) is 5.37. The first kappa shape index (κ1) is 11.4. The molecule has 0 atom stereocenters. The molecule has 0 rings (SSSR count). The lowest BCUT2D eigenvalue weighted by molar-refractivity contribution is -0.932. The zero-order chi connectivity index (χ0) is 9.83. The van der Waals surface area contributed by atoms with Crippen molar-refractivity contribution in [3.8, 4) is 0 Å². The van der Waals surface area contributed by atoms with Crippen LogP contribution in [-0.4, -0.2) is 30.7 Å². The minimum Gasteiger partial charge on any atom is -0.321 e. The van der Waals surface area contributed by atoms with Crippen LogP contribution >= 0.6 is 0 Å². The van der Waals surface area contributed by atoms with Gasteiger partial charge in [0.25, 0.3) is 0 Å². The topological polar surface area (TPSA) is 0 Å². The SMILES string of the molecule is C=CCC(C)(C)[N+](C)(C)CC=C. The number of hydrogen-bond donors (Lipinski definition) is 0. The van der Waals surface area contributed by atoms with Crippen molar-refractivity contribution < 1.29 is 4.48 Å². The second kappa shape index (κ2) is 3.90. The summed E-state index contributed by atoms with van der Waals surface area (Å²) in [4.78, 5) is 0. The normalized spacial score (nSPS) is 12.7. The van der Waals surface area contributed by atoms with Crippen LogP contribution in [0.1, 0.15) is 20.3 Å². The summed E-state index contributed by atoms with van der Waals surface area (Å²) in [6, 6.07) is 0. The van der Waals surface area contributed by atoms with Crippen LogP contribution in [-0.2, 0) is 0 Å². The maximum Gasteiger partial charge on any atom is 0.0971 e. The fourth-order valence-corrected chi connectivity index (χ4v) is 1.17. The van der Waals surface area contributed by atoms with Crippen molar-refractivity contribution in [1.82, 2.24) is 0 Å². The summed E-state index contributed by atoms with van der Waals surface area (Å²) in [7, 11) is 4.45. The van der Waals surface area contributed by atoms with Crippen LogP contribution < -0.4 is 0 Å². The molecule has 0 heterocycles. The fraction of sp³-hybridized carbons (Fsp3) is 0.636. The Hall–Kier alpha value is -0.560. The van der Waals surface area contributed by atoms with E-state index in [1.54, 1.807) is 0 Å². The first-order valence-corrected chi connectivity index (χ1v) is 4.42. The lowest BCUT2D eigenvalue weighted by atomic mass is 9.96. The Morgan fingerprint density at radius 3 is 2.00 bits per heavy atom. The highest BCUT2D eigenvalue weighted by Gasteiger charge is 2.33. The van der Waals surface area contributed by atoms with Gasteiger partial charge in [0.15, 0.2) is 0 Å². The van der Waals surface area contributed by atoms with E-state index >= 15 is 0 Å². The van der Waals surface area contributed by atoms with Crippen molar-refractivity contribution in [2.24, 2.45) is 0 Å². The molecule has 0 bridgehead atoms. The summed E-state index contributed by atoms with van der Waals surface area (Å²) in [6.07, 6.45) is 5.00. The van der Waals surface area contributed by atoms with Gasteiger partial charge in [-0.15, -0.1) is 6.58 Å². The zero-order valence-corrected chi connectivity index (χ0v) is 8.93. The predicted octanol–water partition coefficient (Wildman–Crippen LogP) is 2.60. The van der Waals surface area contributed by atoms with Gasteiger partial charge in [-0.1, -0.05) is 12.7 Å². The summed E-state index contributed by atoms with van der Waals surface area (Å²) in [5, 5.41) is 0. The second-order valence-corrected chi connectivity index (χ2v) is 4.46. The minimum absolute atomic E-state index is 0.246. The third-order valence-electron chi connectivity index (χ3n) is 2.87. The Labute approximate surface area is 77.0 Å². The number of hydrogen-bond acceptors (Lipinski definition) is 0. The molecule has 12 heavy (non-hydrogen) atoms. The number of nitrogens with zero attached hydrogens (tertiary/aromatic N) is 1. The fourth-order valence-electron chi connectivity index (χ4n) is 1.17. The van der Waals surface area contributed by atoms with Crippen molar-refractivity contribution in [1.29, 1.82) is 0 Å². The summed E-state index contributed by atoms with van der Waals surface area (Å²) in [5.74, 6) is 0. The van der Waals surface area contributed by atoms with Crippen LogP contribution in [0.2, 0.25) is 0 Å². The van der Waals surface area contributed by atoms with E-state index in [1.165, 1.54) is 0 Å². The van der Waals surface area contributed by atoms with Crippen molar-refractivity contribution in [3.05, 3.63) is 25.3 Å². The van der Waals surface area contributed by atoms with Gasteiger partial charge < -0.3 is 4.48 Å². The number of quaternary nitrogens is 1. The summed E-state index contributed by atoms with van der Waals surface area (Å²) >= 11 is 0. The molecule has 0 radical (unpaired) electrons. The molecule has 0 aliphatic rings. The van der Waals surface area contributed by atoms with Gasteiger partial charge in [0.2, 0.25) is 0 Å². The lowest BCUT2D eigenvalue weighted by Gasteiger charge is -2.43. The van der Waals surface area contributed by atoms with E-state index in [1.807, 2.05) is 12.2 Å². The highest BCUT2D eigenvalue weighted by Crippen LogP contribution is 2.23. The standard InChI is InChI=1S/C11H22N/c1-7-9-11(3,4)12(5,6)10-8-2/h7-8H,1-2,9-10H2,3-6H3/q+1. The van der Waals surface area contributed by atoms with Crippen LogP contribution in [0.3, 0.4) is 0 Å². The minimum atomic E-state index is 0.246. The van der Waals surface area contributed by atoms with Gasteiger partial charge in [-0.25, -0.2) is 0 Å². The van der Waals surface area contributed by atoms with Crippen molar-refractivity contribution >= 4 is 0 Å². The Bertz CT molecular complexity index is 146. The first-order valence-electron chi connectivity index (χ1n) is 4.42. The molecule has 0 aliphatic carbocycles. The molecule has 0 fully saturated rings. The quantitative estimate of drug-likeness (QED) is 0.437. The van der Waals surface area contributed by atoms with Gasteiger partial charge in [0.05, 0.1) is 26.2 Å². The zero-order valence-electron chi connectivity index (χ0n) is 8.93. The molecule has 0 saturated heterocycles.